The molecular weight excluding hydrogens is 336 g/mol. The average Bonchev–Trinajstić information content (AvgIpc) is 2.62. The summed E-state index contributed by atoms with van der Waals surface area (Å²) >= 11 is 0. The first-order chi connectivity index (χ1) is 12.3. The molecule has 0 fully saturated rings. The fourth-order valence-corrected chi connectivity index (χ4v) is 3.34. The predicted octanol–water partition coefficient (Wildman–Crippen LogP) is 2.93. The van der Waals surface area contributed by atoms with Crippen LogP contribution < -0.4 is 0 Å². The zero-order valence-corrected chi connectivity index (χ0v) is 13.5. The third-order valence-electron chi connectivity index (χ3n) is 4.63. The van der Waals surface area contributed by atoms with Gasteiger partial charge in [0, 0.05) is 22.1 Å². The molecule has 0 aliphatic heterocycles. The molecule has 0 aromatic heterocycles. The molecule has 3 aromatic rings. The highest BCUT2D eigenvalue weighted by Gasteiger charge is 2.37. The lowest BCUT2D eigenvalue weighted by Gasteiger charge is -2.21. The number of hydrogen-bond donors (Lipinski definition) is 3. The van der Waals surface area contributed by atoms with Crippen molar-refractivity contribution in [2.75, 3.05) is 0 Å². The molecule has 1 aliphatic rings. The average molecular weight is 348 g/mol. The van der Waals surface area contributed by atoms with Crippen molar-refractivity contribution in [3.8, 4) is 17.2 Å². The molecule has 0 saturated carbocycles. The Morgan fingerprint density at radius 2 is 1.50 bits per heavy atom. The van der Waals surface area contributed by atoms with E-state index < -0.39 is 23.1 Å². The lowest BCUT2D eigenvalue weighted by Crippen LogP contribution is -2.22. The second-order valence-electron chi connectivity index (χ2n) is 6.12. The molecule has 4 rings (SSSR count). The molecule has 128 valence electrons. The predicted molar refractivity (Wildman–Crippen MR) is 92.3 cm³/mol. The van der Waals surface area contributed by atoms with E-state index in [0.29, 0.717) is 0 Å². The monoisotopic (exact) mass is 348 g/mol. The Morgan fingerprint density at radius 1 is 0.846 bits per heavy atom. The number of carbonyl (C=O) groups is 3. The van der Waals surface area contributed by atoms with Crippen LogP contribution in [-0.4, -0.2) is 32.7 Å². The Balaban J connectivity index is 2.12. The Labute approximate surface area is 146 Å². The molecule has 0 saturated heterocycles. The number of aromatic hydroxyl groups is 3. The van der Waals surface area contributed by atoms with Crippen molar-refractivity contribution < 1.29 is 29.7 Å². The van der Waals surface area contributed by atoms with Gasteiger partial charge in [0.1, 0.15) is 17.2 Å². The van der Waals surface area contributed by atoms with Gasteiger partial charge in [0.25, 0.3) is 0 Å². The molecule has 0 atom stereocenters. The maximum atomic E-state index is 12.9. The lowest BCUT2D eigenvalue weighted by atomic mass is 9.80. The van der Waals surface area contributed by atoms with E-state index >= 15 is 0 Å². The number of carbonyl (C=O) groups excluding carboxylic acids is 3. The van der Waals surface area contributed by atoms with Crippen LogP contribution in [0.4, 0.5) is 0 Å². The van der Waals surface area contributed by atoms with E-state index in [1.54, 1.807) is 0 Å². The maximum Gasteiger partial charge on any atom is 0.198 e. The Kier molecular flexibility index (Phi) is 3.14. The van der Waals surface area contributed by atoms with E-state index in [1.165, 1.54) is 43.3 Å². The third kappa shape index (κ3) is 1.89. The van der Waals surface area contributed by atoms with Crippen molar-refractivity contribution in [1.29, 1.82) is 0 Å². The summed E-state index contributed by atoms with van der Waals surface area (Å²) in [7, 11) is 0. The standard InChI is InChI=1S/C20H12O6/c1-8(21)9-5-6-10-12(7-9)19(25)15-16(17(10)23)20(26)14-11(18(15)24)3-2-4-13(14)22/h2-7,22,24,26H,1H3. The maximum absolute atomic E-state index is 12.9. The van der Waals surface area contributed by atoms with Gasteiger partial charge in [-0.3, -0.25) is 14.4 Å². The van der Waals surface area contributed by atoms with E-state index in [2.05, 4.69) is 0 Å². The van der Waals surface area contributed by atoms with Crippen molar-refractivity contribution in [1.82, 2.24) is 0 Å². The van der Waals surface area contributed by atoms with Crippen molar-refractivity contribution in [3.05, 3.63) is 64.2 Å². The summed E-state index contributed by atoms with van der Waals surface area (Å²) in [6, 6.07) is 8.25. The molecule has 0 radical (unpaired) electrons. The van der Waals surface area contributed by atoms with Crippen LogP contribution in [0.5, 0.6) is 17.2 Å². The van der Waals surface area contributed by atoms with Gasteiger partial charge >= 0.3 is 0 Å². The van der Waals surface area contributed by atoms with E-state index in [1.807, 2.05) is 0 Å². The summed E-state index contributed by atoms with van der Waals surface area (Å²) in [5.74, 6) is -2.99. The number of phenolic OH excluding ortho intramolecular Hbond substituents is 3. The first-order valence-electron chi connectivity index (χ1n) is 7.77. The van der Waals surface area contributed by atoms with Gasteiger partial charge in [0.15, 0.2) is 17.3 Å². The topological polar surface area (TPSA) is 112 Å². The minimum Gasteiger partial charge on any atom is -0.507 e. The minimum absolute atomic E-state index is 0.00981. The van der Waals surface area contributed by atoms with Crippen LogP contribution in [0, 0.1) is 0 Å². The molecule has 0 amide bonds. The Hall–Kier alpha value is -3.67. The van der Waals surface area contributed by atoms with Gasteiger partial charge in [0.2, 0.25) is 0 Å². The number of ketones is 3. The van der Waals surface area contributed by atoms with Gasteiger partial charge in [-0.25, -0.2) is 0 Å². The van der Waals surface area contributed by atoms with Crippen LogP contribution in [-0.2, 0) is 0 Å². The number of rotatable bonds is 1. The molecule has 0 spiro atoms. The molecule has 3 N–H and O–H groups in total. The number of fused-ring (bicyclic) bond motifs is 3. The van der Waals surface area contributed by atoms with E-state index in [4.69, 9.17) is 0 Å². The highest BCUT2D eigenvalue weighted by molar-refractivity contribution is 6.33. The van der Waals surface area contributed by atoms with E-state index in [9.17, 15) is 29.7 Å². The molecule has 26 heavy (non-hydrogen) atoms. The second-order valence-corrected chi connectivity index (χ2v) is 6.12. The third-order valence-corrected chi connectivity index (χ3v) is 4.63. The summed E-state index contributed by atoms with van der Waals surface area (Å²) in [6.45, 7) is 1.34. The van der Waals surface area contributed by atoms with Gasteiger partial charge in [-0.05, 0) is 25.1 Å². The molecule has 3 aromatic carbocycles. The van der Waals surface area contributed by atoms with Crippen LogP contribution in [0.3, 0.4) is 0 Å². The molecule has 0 heterocycles. The van der Waals surface area contributed by atoms with Gasteiger partial charge in [-0.15, -0.1) is 0 Å². The van der Waals surface area contributed by atoms with E-state index in [-0.39, 0.29) is 50.1 Å². The summed E-state index contributed by atoms with van der Waals surface area (Å²) < 4.78 is 0. The minimum atomic E-state index is -0.671. The van der Waals surface area contributed by atoms with Crippen molar-refractivity contribution in [2.45, 2.75) is 6.92 Å². The van der Waals surface area contributed by atoms with Crippen LogP contribution in [0.2, 0.25) is 0 Å². The van der Waals surface area contributed by atoms with Crippen LogP contribution >= 0.6 is 0 Å². The smallest absolute Gasteiger partial charge is 0.198 e. The largest absolute Gasteiger partial charge is 0.507 e. The van der Waals surface area contributed by atoms with Gasteiger partial charge in [-0.2, -0.15) is 0 Å². The second kappa shape index (κ2) is 5.16. The Bertz CT molecular complexity index is 1170. The van der Waals surface area contributed by atoms with Gasteiger partial charge < -0.3 is 15.3 Å². The molecule has 6 heteroatoms. The van der Waals surface area contributed by atoms with E-state index in [0.717, 1.165) is 0 Å². The zero-order chi connectivity index (χ0) is 18.7. The summed E-state index contributed by atoms with van der Waals surface area (Å²) in [6.07, 6.45) is 0. The first-order valence-corrected chi connectivity index (χ1v) is 7.77. The normalized spacial score (nSPS) is 12.8. The summed E-state index contributed by atoms with van der Waals surface area (Å²) in [5.41, 5.74) is -0.416. The summed E-state index contributed by atoms with van der Waals surface area (Å²) in [4.78, 5) is 37.4. The highest BCUT2D eigenvalue weighted by Crippen LogP contribution is 2.46. The fourth-order valence-electron chi connectivity index (χ4n) is 3.34. The Morgan fingerprint density at radius 3 is 2.19 bits per heavy atom. The van der Waals surface area contributed by atoms with Gasteiger partial charge in [-0.1, -0.05) is 18.2 Å². The molecule has 1 aliphatic carbocycles. The van der Waals surface area contributed by atoms with Crippen LogP contribution in [0.25, 0.3) is 10.8 Å². The van der Waals surface area contributed by atoms with Crippen LogP contribution in [0.15, 0.2) is 36.4 Å². The molecular formula is C20H12O6. The van der Waals surface area contributed by atoms with Crippen molar-refractivity contribution in [2.24, 2.45) is 0 Å². The number of hydrogen-bond acceptors (Lipinski definition) is 6. The van der Waals surface area contributed by atoms with Gasteiger partial charge in [0.05, 0.1) is 16.5 Å². The summed E-state index contributed by atoms with van der Waals surface area (Å²) in [5, 5.41) is 31.1. The first kappa shape index (κ1) is 15.8. The van der Waals surface area contributed by atoms with Crippen LogP contribution in [0.1, 0.15) is 49.1 Å². The van der Waals surface area contributed by atoms with Crippen molar-refractivity contribution >= 4 is 28.1 Å². The molecule has 6 nitrogen and oxygen atoms in total. The number of phenols is 3. The van der Waals surface area contributed by atoms with Crippen molar-refractivity contribution in [3.63, 3.8) is 0 Å². The zero-order valence-electron chi connectivity index (χ0n) is 13.5. The molecule has 0 bridgehead atoms. The number of Topliss-reactive ketones (excluding diaryl/α,β-unsaturated/α-hetero) is 1. The number of benzene rings is 3. The highest BCUT2D eigenvalue weighted by atomic mass is 16.3. The SMILES string of the molecule is CC(=O)c1ccc2c(c1)C(=O)c1c(c(O)c3c(O)cccc3c1O)C2=O. The fraction of sp³-hybridized carbons (Fsp3) is 0.0500. The quantitative estimate of drug-likeness (QED) is 0.360. The lowest BCUT2D eigenvalue weighted by molar-refractivity contribution is 0.0973. The molecule has 0 unspecified atom stereocenters.